The van der Waals surface area contributed by atoms with Crippen molar-refractivity contribution in [3.8, 4) is 0 Å². The number of allylic oxidation sites excluding steroid dienone is 2. The molecule has 14 N–H and O–H groups in total. The van der Waals surface area contributed by atoms with Gasteiger partial charge in [0, 0.05) is 5.41 Å². The summed E-state index contributed by atoms with van der Waals surface area (Å²) in [5.74, 6) is -1.26. The van der Waals surface area contributed by atoms with Gasteiger partial charge >= 0.3 is 5.97 Å². The van der Waals surface area contributed by atoms with Crippen LogP contribution < -0.4 is 0 Å². The van der Waals surface area contributed by atoms with E-state index in [4.69, 9.17) is 37.9 Å². The van der Waals surface area contributed by atoms with Gasteiger partial charge in [0.15, 0.2) is 25.0 Å². The molecule has 4 heterocycles. The molecule has 4 saturated carbocycles. The maximum atomic E-state index is 15.7. The first-order valence-corrected chi connectivity index (χ1v) is 27.8. The Kier molecular flexibility index (Phi) is 16.8. The number of carbonyl (C=O) groups is 1. The van der Waals surface area contributed by atoms with E-state index in [1.165, 1.54) is 6.92 Å². The Balaban J connectivity index is 1.03. The molecule has 5 aliphatic carbocycles. The van der Waals surface area contributed by atoms with E-state index in [1.54, 1.807) is 6.92 Å². The minimum Gasteiger partial charge on any atom is -0.432 e. The maximum Gasteiger partial charge on any atom is 0.315 e. The molecule has 9 rings (SSSR count). The number of hydrogen-bond acceptors (Lipinski definition) is 23. The van der Waals surface area contributed by atoms with Gasteiger partial charge in [-0.1, -0.05) is 53.2 Å². The molecule has 23 heteroatoms. The van der Waals surface area contributed by atoms with Gasteiger partial charge in [-0.25, -0.2) is 0 Å². The number of carbonyl (C=O) groups excluding carboxylic acids is 1. The molecule has 0 bridgehead atoms. The zero-order chi connectivity index (χ0) is 56.4. The predicted octanol–water partition coefficient (Wildman–Crippen LogP) is -2.04. The molecule has 4 saturated heterocycles. The van der Waals surface area contributed by atoms with Crippen LogP contribution in [-0.4, -0.2) is 232 Å². The van der Waals surface area contributed by atoms with E-state index in [2.05, 4.69) is 40.7 Å². The average Bonchev–Trinajstić information content (AvgIpc) is 3.47. The van der Waals surface area contributed by atoms with Crippen molar-refractivity contribution in [3.63, 3.8) is 0 Å². The molecular formula is C54H88O23. The van der Waals surface area contributed by atoms with Crippen LogP contribution in [0.3, 0.4) is 0 Å². The second-order valence-electron chi connectivity index (χ2n) is 26.2. The van der Waals surface area contributed by atoms with Crippen LogP contribution in [0.4, 0.5) is 0 Å². The van der Waals surface area contributed by atoms with Crippen molar-refractivity contribution in [1.82, 2.24) is 0 Å². The lowest BCUT2D eigenvalue weighted by molar-refractivity contribution is -0.387. The summed E-state index contributed by atoms with van der Waals surface area (Å²) in [5.41, 5.74) is -2.77. The van der Waals surface area contributed by atoms with E-state index in [9.17, 15) is 71.5 Å². The average molecular weight is 1110 g/mol. The number of ether oxygens (including phenoxy) is 8. The fourth-order valence-electron chi connectivity index (χ4n) is 16.5. The summed E-state index contributed by atoms with van der Waals surface area (Å²) in [7, 11) is 0. The van der Waals surface area contributed by atoms with Crippen LogP contribution in [0, 0.1) is 50.2 Å². The van der Waals surface area contributed by atoms with Crippen molar-refractivity contribution in [2.24, 2.45) is 50.2 Å². The third-order valence-electron chi connectivity index (χ3n) is 21.4. The maximum absolute atomic E-state index is 15.7. The summed E-state index contributed by atoms with van der Waals surface area (Å²) < 4.78 is 48.7. The smallest absolute Gasteiger partial charge is 0.315 e. The number of fused-ring (bicyclic) bond motifs is 7. The normalized spacial score (nSPS) is 55.7. The Morgan fingerprint density at radius 2 is 1.09 bits per heavy atom. The Hall–Kier alpha value is -1.63. The Morgan fingerprint density at radius 3 is 1.68 bits per heavy atom. The second-order valence-corrected chi connectivity index (χ2v) is 26.2. The molecule has 0 unspecified atom stereocenters. The second kappa shape index (κ2) is 21.5. The quantitative estimate of drug-likeness (QED) is 0.0602. The summed E-state index contributed by atoms with van der Waals surface area (Å²) in [6, 6.07) is 0. The van der Waals surface area contributed by atoms with E-state index < -0.39 is 181 Å². The highest BCUT2D eigenvalue weighted by Gasteiger charge is 2.72. The minimum absolute atomic E-state index is 0.0238. The lowest BCUT2D eigenvalue weighted by Crippen LogP contribution is -2.69. The lowest BCUT2D eigenvalue weighted by Gasteiger charge is -2.72. The van der Waals surface area contributed by atoms with Crippen LogP contribution in [0.2, 0.25) is 0 Å². The van der Waals surface area contributed by atoms with Crippen molar-refractivity contribution in [3.05, 3.63) is 11.6 Å². The molecule has 0 aromatic carbocycles. The first kappa shape index (κ1) is 60.0. The van der Waals surface area contributed by atoms with Crippen molar-refractivity contribution >= 4 is 5.97 Å². The standard InChI is InChI=1S/C54H88O23/c1-22-31(59)35(63)38(66)44(70-22)75-42-41(74-46-40(68)37(65)33(61)27(19-55)72-46)34(62)28(20-56)73-47(42)77-48(69)54-15-13-49(3,4)17-25(54)24-9-10-30-50(5)18-26(58)43(76-45-39(67)36(64)32(60)23(2)71-45)51(6,21-57)29(50)11-12-53(30,8)52(24,7)14-16-54/h9,22-23,25-47,55-68H,10-21H2,1-8H3/t22-,23+,25-,26-,27+,28+,29+,30+,31-,32-,33+,34+,35+,36-,37-,38+,39+,40+,41-,42+,43-,44-,45-,46-,47-,50-,51-,52+,53+,54-/m0/s1. The molecule has 30 atom stereocenters. The molecule has 23 nitrogen and oxygen atoms in total. The van der Waals surface area contributed by atoms with E-state index in [-0.39, 0.29) is 29.8 Å². The van der Waals surface area contributed by atoms with Crippen molar-refractivity contribution in [1.29, 1.82) is 0 Å². The van der Waals surface area contributed by atoms with Gasteiger partial charge in [-0.15, -0.1) is 0 Å². The summed E-state index contributed by atoms with van der Waals surface area (Å²) in [6.07, 6.45) is -27.8. The zero-order valence-electron chi connectivity index (χ0n) is 45.4. The molecular weight excluding hydrogens is 1020 g/mol. The lowest BCUT2D eigenvalue weighted by atomic mass is 9.33. The largest absolute Gasteiger partial charge is 0.432 e. The Morgan fingerprint density at radius 1 is 0.571 bits per heavy atom. The highest BCUT2D eigenvalue weighted by atomic mass is 16.8. The minimum atomic E-state index is -1.98. The van der Waals surface area contributed by atoms with E-state index in [0.29, 0.717) is 51.4 Å². The number of aliphatic hydroxyl groups excluding tert-OH is 14. The monoisotopic (exact) mass is 1100 g/mol. The van der Waals surface area contributed by atoms with Crippen LogP contribution in [0.15, 0.2) is 11.6 Å². The summed E-state index contributed by atoms with van der Waals surface area (Å²) in [4.78, 5) is 15.7. The van der Waals surface area contributed by atoms with Crippen molar-refractivity contribution in [2.45, 2.75) is 248 Å². The van der Waals surface area contributed by atoms with Gasteiger partial charge in [0.2, 0.25) is 6.29 Å². The number of esters is 1. The summed E-state index contributed by atoms with van der Waals surface area (Å²) in [5, 5.41) is 153. The molecule has 0 spiro atoms. The van der Waals surface area contributed by atoms with Crippen molar-refractivity contribution < 1.29 is 114 Å². The molecule has 4 aliphatic heterocycles. The van der Waals surface area contributed by atoms with Crippen LogP contribution in [-0.2, 0) is 42.7 Å². The first-order chi connectivity index (χ1) is 36.0. The number of hydrogen-bond donors (Lipinski definition) is 14. The van der Waals surface area contributed by atoms with Gasteiger partial charge < -0.3 is 109 Å². The first-order valence-electron chi connectivity index (χ1n) is 27.8. The van der Waals surface area contributed by atoms with Gasteiger partial charge in [-0.2, -0.15) is 0 Å². The van der Waals surface area contributed by atoms with Gasteiger partial charge in [0.1, 0.15) is 79.4 Å². The molecule has 0 aromatic rings. The summed E-state index contributed by atoms with van der Waals surface area (Å²) in [6.45, 7) is 13.9. The van der Waals surface area contributed by atoms with Crippen LogP contribution >= 0.6 is 0 Å². The molecule has 442 valence electrons. The molecule has 8 fully saturated rings. The van der Waals surface area contributed by atoms with Gasteiger partial charge in [0.05, 0.1) is 49.7 Å². The number of rotatable bonds is 11. The Bertz CT molecular complexity index is 2130. The topological polar surface area (TPSA) is 374 Å². The van der Waals surface area contributed by atoms with E-state index in [0.717, 1.165) is 12.0 Å². The van der Waals surface area contributed by atoms with Crippen LogP contribution in [0.5, 0.6) is 0 Å². The third-order valence-corrected chi connectivity index (χ3v) is 21.4. The Labute approximate surface area is 449 Å². The SMILES string of the molecule is C[C@@H]1O[C@@H](O[C@H]2[C@H](OC(=O)[C@]34CCC(C)(C)C[C@H]3C3=CC[C@@H]5[C@@]6(C)C[C@H](O)[C@H](O[C@@H]7O[C@H](C)[C@H](O)[C@H](O)[C@H]7O)[C@@](C)(CO)[C@@H]6CC[C@@]5(C)[C@]3(C)CC4)O[C@H](CO)[C@@H](O)[C@@H]2O[C@@H]2O[C@H](CO)[C@@H](O)[C@H](O)[C@H]2O)[C@H](O)[C@H](O)[C@H]1O. The highest BCUT2D eigenvalue weighted by Crippen LogP contribution is 2.76. The van der Waals surface area contributed by atoms with E-state index >= 15 is 4.79 Å². The molecule has 77 heavy (non-hydrogen) atoms. The zero-order valence-corrected chi connectivity index (χ0v) is 45.4. The molecule has 0 radical (unpaired) electrons. The molecule has 0 amide bonds. The molecule has 0 aromatic heterocycles. The molecule has 9 aliphatic rings. The summed E-state index contributed by atoms with van der Waals surface area (Å²) >= 11 is 0. The van der Waals surface area contributed by atoms with Gasteiger partial charge in [-0.05, 0) is 111 Å². The van der Waals surface area contributed by atoms with Gasteiger partial charge in [0.25, 0.3) is 0 Å². The van der Waals surface area contributed by atoms with Crippen molar-refractivity contribution in [2.75, 3.05) is 19.8 Å². The predicted molar refractivity (Wildman–Crippen MR) is 263 cm³/mol. The fraction of sp³-hybridized carbons (Fsp3) is 0.944. The number of aliphatic hydroxyl groups is 14. The van der Waals surface area contributed by atoms with Gasteiger partial charge in [-0.3, -0.25) is 4.79 Å². The van der Waals surface area contributed by atoms with Crippen LogP contribution in [0.1, 0.15) is 113 Å². The highest BCUT2D eigenvalue weighted by molar-refractivity contribution is 5.79. The third kappa shape index (κ3) is 9.61. The van der Waals surface area contributed by atoms with E-state index in [1.807, 2.05) is 6.92 Å². The fourth-order valence-corrected chi connectivity index (χ4v) is 16.5. The van der Waals surface area contributed by atoms with Crippen LogP contribution in [0.25, 0.3) is 0 Å².